The van der Waals surface area contributed by atoms with Gasteiger partial charge in [0.2, 0.25) is 10.0 Å². The Balaban J connectivity index is 1.26. The molecule has 8 nitrogen and oxygen atoms in total. The lowest BCUT2D eigenvalue weighted by Crippen LogP contribution is -2.69. The number of sulfonamides is 1. The quantitative estimate of drug-likeness (QED) is 0.305. The second-order valence-corrected chi connectivity index (χ2v) is 14.6. The van der Waals surface area contributed by atoms with Crippen LogP contribution in [0.2, 0.25) is 0 Å². The van der Waals surface area contributed by atoms with Crippen LogP contribution in [-0.4, -0.2) is 67.0 Å². The van der Waals surface area contributed by atoms with E-state index in [1.165, 1.54) is 6.92 Å². The minimum Gasteiger partial charge on any atom is -0.484 e. The standard InChI is InChI=1S/C34H38N2O6S/c1-22(37)41-30-16-13-25-19-28-26-14-15-27(35(2)43(39,40)21-23-9-5-3-6-10-23)33-34(26,31(25)32(30)42-33)17-18-36(28)20-29(38)24-11-7-4-8-12-24/h3-13,16,26-29,33,38H,14-15,17-21H2,1-2H3/t26-,27+,28+,29?,33-,34-/m0/s1. The van der Waals surface area contributed by atoms with Crippen LogP contribution in [0.4, 0.5) is 0 Å². The van der Waals surface area contributed by atoms with Gasteiger partial charge in [0.15, 0.2) is 11.5 Å². The minimum absolute atomic E-state index is 0.0747. The number of hydrogen-bond acceptors (Lipinski definition) is 7. The zero-order valence-electron chi connectivity index (χ0n) is 24.6. The molecule has 2 heterocycles. The van der Waals surface area contributed by atoms with Crippen molar-refractivity contribution in [2.24, 2.45) is 5.92 Å². The lowest BCUT2D eigenvalue weighted by molar-refractivity contribution is -0.132. The molecule has 0 aromatic heterocycles. The molecule has 2 fully saturated rings. The highest BCUT2D eigenvalue weighted by Crippen LogP contribution is 2.64. The van der Waals surface area contributed by atoms with E-state index in [2.05, 4.69) is 4.90 Å². The Kier molecular flexibility index (Phi) is 7.12. The maximum atomic E-state index is 13.8. The Labute approximate surface area is 253 Å². The van der Waals surface area contributed by atoms with Crippen molar-refractivity contribution in [3.05, 3.63) is 95.1 Å². The first-order valence-corrected chi connectivity index (χ1v) is 16.8. The maximum Gasteiger partial charge on any atom is 0.308 e. The predicted molar refractivity (Wildman–Crippen MR) is 162 cm³/mol. The van der Waals surface area contributed by atoms with Crippen molar-refractivity contribution in [2.75, 3.05) is 20.1 Å². The first-order chi connectivity index (χ1) is 20.7. The van der Waals surface area contributed by atoms with Gasteiger partial charge in [-0.1, -0.05) is 66.7 Å². The van der Waals surface area contributed by atoms with Crippen molar-refractivity contribution in [3.63, 3.8) is 0 Å². The minimum atomic E-state index is -3.64. The number of esters is 1. The molecule has 1 N–H and O–H groups in total. The van der Waals surface area contributed by atoms with Gasteiger partial charge in [-0.15, -0.1) is 0 Å². The Hall–Kier alpha value is -3.24. The third kappa shape index (κ3) is 4.68. The van der Waals surface area contributed by atoms with E-state index in [4.69, 9.17) is 9.47 Å². The van der Waals surface area contributed by atoms with Crippen LogP contribution in [0.5, 0.6) is 11.5 Å². The smallest absolute Gasteiger partial charge is 0.308 e. The Bertz CT molecular complexity index is 1630. The fraction of sp³-hybridized carbons (Fsp3) is 0.441. The van der Waals surface area contributed by atoms with Crippen molar-refractivity contribution in [1.82, 2.24) is 9.21 Å². The normalized spacial score (nSPS) is 28.2. The number of nitrogens with zero attached hydrogens (tertiary/aromatic N) is 2. The summed E-state index contributed by atoms with van der Waals surface area (Å²) in [6.45, 7) is 2.68. The van der Waals surface area contributed by atoms with E-state index >= 15 is 0 Å². The summed E-state index contributed by atoms with van der Waals surface area (Å²) in [6.07, 6.45) is 2.08. The van der Waals surface area contributed by atoms with Crippen LogP contribution >= 0.6 is 0 Å². The highest BCUT2D eigenvalue weighted by Gasteiger charge is 2.66. The van der Waals surface area contributed by atoms with Crippen LogP contribution in [0.3, 0.4) is 0 Å². The SMILES string of the molecule is CC(=O)Oc1ccc2c3c1O[C@H]1[C@H](N(C)S(=O)(=O)Cc4ccccc4)CC[C@H]4[C@@H](C2)N(CC(O)c2ccccc2)CC[C@@]341. The van der Waals surface area contributed by atoms with Gasteiger partial charge in [-0.05, 0) is 60.9 Å². The molecule has 7 rings (SSSR count). The molecule has 1 saturated carbocycles. The maximum absolute atomic E-state index is 13.8. The summed E-state index contributed by atoms with van der Waals surface area (Å²) in [5, 5.41) is 11.2. The molecule has 2 aliphatic carbocycles. The van der Waals surface area contributed by atoms with Gasteiger partial charge in [-0.25, -0.2) is 8.42 Å². The lowest BCUT2D eigenvalue weighted by atomic mass is 9.51. The largest absolute Gasteiger partial charge is 0.484 e. The number of benzene rings is 3. The number of β-amino-alcohol motifs (C(OH)–C–C–N with tert-alkyl or cyclic N) is 1. The van der Waals surface area contributed by atoms with E-state index in [9.17, 15) is 18.3 Å². The average Bonchev–Trinajstić information content (AvgIpc) is 3.34. The van der Waals surface area contributed by atoms with Gasteiger partial charge in [-0.3, -0.25) is 9.69 Å². The van der Waals surface area contributed by atoms with Gasteiger partial charge < -0.3 is 14.6 Å². The molecule has 43 heavy (non-hydrogen) atoms. The van der Waals surface area contributed by atoms with Crippen LogP contribution in [0.25, 0.3) is 0 Å². The number of likely N-dealkylation sites (N-methyl/N-ethyl adjacent to an activating group) is 1. The third-order valence-corrected chi connectivity index (χ3v) is 12.2. The van der Waals surface area contributed by atoms with E-state index in [1.54, 1.807) is 11.4 Å². The lowest BCUT2D eigenvalue weighted by Gasteiger charge is -2.60. The number of likely N-dealkylation sites (tertiary alicyclic amines) is 1. The van der Waals surface area contributed by atoms with Gasteiger partial charge >= 0.3 is 5.97 Å². The second-order valence-electron chi connectivity index (χ2n) is 12.6. The monoisotopic (exact) mass is 602 g/mol. The number of aliphatic hydroxyl groups is 1. The van der Waals surface area contributed by atoms with Gasteiger partial charge in [0.05, 0.1) is 17.9 Å². The molecule has 1 saturated heterocycles. The summed E-state index contributed by atoms with van der Waals surface area (Å²) >= 11 is 0. The van der Waals surface area contributed by atoms with Gasteiger partial charge in [0, 0.05) is 37.5 Å². The summed E-state index contributed by atoms with van der Waals surface area (Å²) in [6, 6.07) is 22.7. The molecular formula is C34H38N2O6S. The number of hydrogen-bond donors (Lipinski definition) is 1. The van der Waals surface area contributed by atoms with Gasteiger partial charge in [0.1, 0.15) is 6.10 Å². The molecular weight excluding hydrogens is 564 g/mol. The molecule has 3 aromatic rings. The van der Waals surface area contributed by atoms with E-state index < -0.39 is 33.6 Å². The highest BCUT2D eigenvalue weighted by molar-refractivity contribution is 7.88. The molecule has 9 heteroatoms. The number of carbonyl (C=O) groups is 1. The first kappa shape index (κ1) is 28.5. The van der Waals surface area contributed by atoms with E-state index in [0.29, 0.717) is 24.5 Å². The summed E-state index contributed by atoms with van der Waals surface area (Å²) < 4.78 is 41.6. The summed E-state index contributed by atoms with van der Waals surface area (Å²) in [4.78, 5) is 14.5. The predicted octanol–water partition coefficient (Wildman–Crippen LogP) is 4.22. The zero-order valence-corrected chi connectivity index (χ0v) is 25.4. The molecule has 6 atom stereocenters. The number of carbonyl (C=O) groups excluding carboxylic acids is 1. The van der Waals surface area contributed by atoms with Crippen molar-refractivity contribution in [1.29, 1.82) is 0 Å². The van der Waals surface area contributed by atoms with Crippen molar-refractivity contribution in [3.8, 4) is 11.5 Å². The second kappa shape index (κ2) is 10.7. The fourth-order valence-corrected chi connectivity index (χ4v) is 9.96. The third-order valence-electron chi connectivity index (χ3n) is 10.3. The molecule has 0 amide bonds. The molecule has 3 aromatic carbocycles. The molecule has 2 bridgehead atoms. The van der Waals surface area contributed by atoms with E-state index in [1.807, 2.05) is 72.8 Å². The Morgan fingerprint density at radius 1 is 1.09 bits per heavy atom. The fourth-order valence-electron chi connectivity index (χ4n) is 8.52. The molecule has 1 spiro atoms. The Morgan fingerprint density at radius 2 is 1.81 bits per heavy atom. The van der Waals surface area contributed by atoms with Crippen LogP contribution in [0, 0.1) is 5.92 Å². The molecule has 1 unspecified atom stereocenters. The van der Waals surface area contributed by atoms with Crippen LogP contribution in [0.15, 0.2) is 72.8 Å². The van der Waals surface area contributed by atoms with Gasteiger partial charge in [0.25, 0.3) is 0 Å². The molecule has 4 aliphatic rings. The summed E-state index contributed by atoms with van der Waals surface area (Å²) in [5.74, 6) is 0.731. The first-order valence-electron chi connectivity index (χ1n) is 15.2. The molecule has 0 radical (unpaired) electrons. The topological polar surface area (TPSA) is 96.4 Å². The number of rotatable bonds is 8. The highest BCUT2D eigenvalue weighted by atomic mass is 32.2. The van der Waals surface area contributed by atoms with Gasteiger partial charge in [-0.2, -0.15) is 4.31 Å². The number of aliphatic hydroxyl groups excluding tert-OH is 1. The number of piperidine rings is 1. The molecule has 226 valence electrons. The van der Waals surface area contributed by atoms with Crippen LogP contribution in [0.1, 0.15) is 54.5 Å². The Morgan fingerprint density at radius 3 is 2.53 bits per heavy atom. The average molecular weight is 603 g/mol. The van der Waals surface area contributed by atoms with Crippen LogP contribution in [-0.2, 0) is 32.4 Å². The van der Waals surface area contributed by atoms with Crippen molar-refractivity contribution >= 4 is 16.0 Å². The summed E-state index contributed by atoms with van der Waals surface area (Å²) in [5.41, 5.74) is 3.50. The zero-order chi connectivity index (χ0) is 29.9. The number of ether oxygens (including phenoxy) is 2. The van der Waals surface area contributed by atoms with E-state index in [0.717, 1.165) is 48.1 Å². The van der Waals surface area contributed by atoms with Crippen LogP contribution < -0.4 is 9.47 Å². The van der Waals surface area contributed by atoms with Crippen molar-refractivity contribution < 1.29 is 27.8 Å². The van der Waals surface area contributed by atoms with Crippen molar-refractivity contribution in [2.45, 2.75) is 68.1 Å². The summed E-state index contributed by atoms with van der Waals surface area (Å²) in [7, 11) is -1.95. The van der Waals surface area contributed by atoms with E-state index in [-0.39, 0.29) is 23.8 Å². The molecule has 2 aliphatic heterocycles.